The maximum absolute atomic E-state index is 12.4. The summed E-state index contributed by atoms with van der Waals surface area (Å²) in [5.74, 6) is 0.340. The van der Waals surface area contributed by atoms with Gasteiger partial charge in [0.05, 0.1) is 19.4 Å². The molecule has 0 radical (unpaired) electrons. The summed E-state index contributed by atoms with van der Waals surface area (Å²) in [7, 11) is 1.55. The van der Waals surface area contributed by atoms with Crippen LogP contribution in [0.2, 0.25) is 0 Å². The number of amides is 1. The lowest BCUT2D eigenvalue weighted by atomic mass is 9.99. The molecule has 0 spiro atoms. The normalized spacial score (nSPS) is 12.0. The van der Waals surface area contributed by atoms with Crippen LogP contribution in [-0.4, -0.2) is 28.3 Å². The van der Waals surface area contributed by atoms with Crippen molar-refractivity contribution in [3.63, 3.8) is 0 Å². The Bertz CT molecular complexity index is 675. The van der Waals surface area contributed by atoms with E-state index in [4.69, 9.17) is 4.74 Å². The van der Waals surface area contributed by atoms with Crippen LogP contribution >= 0.6 is 0 Å². The van der Waals surface area contributed by atoms with E-state index in [1.54, 1.807) is 25.3 Å². The van der Waals surface area contributed by atoms with E-state index in [1.807, 2.05) is 20.8 Å². The highest BCUT2D eigenvalue weighted by molar-refractivity contribution is 5.92. The molecular weight excluding hydrogens is 294 g/mol. The lowest BCUT2D eigenvalue weighted by molar-refractivity contribution is -0.119. The molecule has 0 saturated carbocycles. The van der Waals surface area contributed by atoms with Gasteiger partial charge in [0, 0.05) is 22.9 Å². The summed E-state index contributed by atoms with van der Waals surface area (Å²) in [6.45, 7) is 5.63. The fourth-order valence-electron chi connectivity index (χ4n) is 2.52. The number of nitrogens with zero attached hydrogens (tertiary/aromatic N) is 1. The molecule has 1 aromatic carbocycles. The fourth-order valence-corrected chi connectivity index (χ4v) is 2.52. The molecule has 0 bridgehead atoms. The molecule has 2 aromatic rings. The first-order chi connectivity index (χ1) is 11.0. The number of aryl methyl sites for hydroxylation is 2. The van der Waals surface area contributed by atoms with E-state index in [2.05, 4.69) is 15.5 Å². The van der Waals surface area contributed by atoms with Crippen LogP contribution in [0.5, 0.6) is 5.75 Å². The molecule has 1 aromatic heterocycles. The lowest BCUT2D eigenvalue weighted by Crippen LogP contribution is -2.22. The summed E-state index contributed by atoms with van der Waals surface area (Å²) >= 11 is 0. The Morgan fingerprint density at radius 1 is 1.43 bits per heavy atom. The van der Waals surface area contributed by atoms with Gasteiger partial charge < -0.3 is 15.2 Å². The number of aliphatic hydroxyl groups excluding tert-OH is 1. The van der Waals surface area contributed by atoms with E-state index in [-0.39, 0.29) is 18.4 Å². The van der Waals surface area contributed by atoms with Crippen molar-refractivity contribution in [3.05, 3.63) is 40.7 Å². The average molecular weight is 317 g/mol. The second-order valence-electron chi connectivity index (χ2n) is 5.69. The Labute approximate surface area is 135 Å². The first-order valence-corrected chi connectivity index (χ1v) is 7.55. The molecule has 1 unspecified atom stereocenters. The number of hydrogen-bond donors (Lipinski definition) is 3. The number of methoxy groups -OCH3 is 1. The van der Waals surface area contributed by atoms with Gasteiger partial charge in [-0.2, -0.15) is 5.10 Å². The first kappa shape index (κ1) is 17.0. The Hall–Kier alpha value is -2.34. The molecule has 0 aliphatic carbocycles. The lowest BCUT2D eigenvalue weighted by Gasteiger charge is -2.14. The number of ether oxygens (including phenoxy) is 1. The highest BCUT2D eigenvalue weighted by atomic mass is 16.5. The zero-order valence-electron chi connectivity index (χ0n) is 13.9. The predicted molar refractivity (Wildman–Crippen MR) is 88.5 cm³/mol. The minimum absolute atomic E-state index is 0.0703. The zero-order valence-corrected chi connectivity index (χ0v) is 13.9. The molecule has 6 nitrogen and oxygen atoms in total. The number of rotatable bonds is 6. The van der Waals surface area contributed by atoms with Crippen LogP contribution in [0, 0.1) is 19.8 Å². The highest BCUT2D eigenvalue weighted by Gasteiger charge is 2.18. The highest BCUT2D eigenvalue weighted by Crippen LogP contribution is 2.23. The number of aromatic amines is 1. The molecule has 1 atom stereocenters. The third-order valence-electron chi connectivity index (χ3n) is 3.96. The van der Waals surface area contributed by atoms with Gasteiger partial charge in [-0.15, -0.1) is 0 Å². The van der Waals surface area contributed by atoms with Crippen molar-refractivity contribution in [3.8, 4) is 5.75 Å². The quantitative estimate of drug-likeness (QED) is 0.763. The van der Waals surface area contributed by atoms with Gasteiger partial charge in [0.25, 0.3) is 0 Å². The summed E-state index contributed by atoms with van der Waals surface area (Å²) in [6, 6.07) is 5.21. The van der Waals surface area contributed by atoms with E-state index in [0.29, 0.717) is 23.4 Å². The van der Waals surface area contributed by atoms with E-state index in [1.165, 1.54) is 0 Å². The van der Waals surface area contributed by atoms with E-state index < -0.39 is 0 Å². The average Bonchev–Trinajstić information content (AvgIpc) is 2.86. The molecule has 0 saturated heterocycles. The molecule has 6 heteroatoms. The minimum atomic E-state index is -0.190. The SMILES string of the molecule is COc1ccc(NC(=O)C(C)Cc2c(C)n[nH]c2C)cc1CO. The van der Waals surface area contributed by atoms with Gasteiger partial charge in [0.15, 0.2) is 0 Å². The van der Waals surface area contributed by atoms with Gasteiger partial charge in [-0.3, -0.25) is 9.89 Å². The molecule has 1 heterocycles. The maximum Gasteiger partial charge on any atom is 0.227 e. The van der Waals surface area contributed by atoms with Crippen LogP contribution in [0.4, 0.5) is 5.69 Å². The van der Waals surface area contributed by atoms with Crippen LogP contribution in [-0.2, 0) is 17.8 Å². The van der Waals surface area contributed by atoms with E-state index in [9.17, 15) is 9.90 Å². The van der Waals surface area contributed by atoms with Crippen molar-refractivity contribution in [1.82, 2.24) is 10.2 Å². The van der Waals surface area contributed by atoms with Gasteiger partial charge in [0.2, 0.25) is 5.91 Å². The number of carbonyl (C=O) groups is 1. The third kappa shape index (κ3) is 3.90. The van der Waals surface area contributed by atoms with Gasteiger partial charge in [-0.25, -0.2) is 0 Å². The van der Waals surface area contributed by atoms with E-state index >= 15 is 0 Å². The number of aromatic nitrogens is 2. The number of carbonyl (C=O) groups excluding carboxylic acids is 1. The van der Waals surface area contributed by atoms with Crippen molar-refractivity contribution >= 4 is 11.6 Å². The summed E-state index contributed by atoms with van der Waals surface area (Å²) < 4.78 is 5.16. The predicted octanol–water partition coefficient (Wildman–Crippen LogP) is 2.34. The number of anilines is 1. The molecule has 0 aliphatic rings. The fraction of sp³-hybridized carbons (Fsp3) is 0.412. The van der Waals surface area contributed by atoms with Crippen molar-refractivity contribution in [2.75, 3.05) is 12.4 Å². The van der Waals surface area contributed by atoms with Gasteiger partial charge in [0.1, 0.15) is 5.75 Å². The van der Waals surface area contributed by atoms with Gasteiger partial charge >= 0.3 is 0 Å². The molecule has 1 amide bonds. The largest absolute Gasteiger partial charge is 0.496 e. The van der Waals surface area contributed by atoms with Crippen molar-refractivity contribution in [2.24, 2.45) is 5.92 Å². The second-order valence-corrected chi connectivity index (χ2v) is 5.69. The molecule has 23 heavy (non-hydrogen) atoms. The summed E-state index contributed by atoms with van der Waals surface area (Å²) in [5.41, 5.74) is 4.29. The standard InChI is InChI=1S/C17H23N3O3/c1-10(7-15-11(2)19-20-12(15)3)17(22)18-14-5-6-16(23-4)13(8-14)9-21/h5-6,8,10,21H,7,9H2,1-4H3,(H,18,22)(H,19,20). The molecule has 124 valence electrons. The topological polar surface area (TPSA) is 87.2 Å². The maximum atomic E-state index is 12.4. The van der Waals surface area contributed by atoms with Crippen molar-refractivity contribution < 1.29 is 14.6 Å². The Morgan fingerprint density at radius 3 is 2.74 bits per heavy atom. The molecule has 0 aliphatic heterocycles. The summed E-state index contributed by atoms with van der Waals surface area (Å²) in [6.07, 6.45) is 0.628. The monoisotopic (exact) mass is 317 g/mol. The van der Waals surface area contributed by atoms with Gasteiger partial charge in [-0.1, -0.05) is 6.92 Å². The van der Waals surface area contributed by atoms with Crippen LogP contribution in [0.25, 0.3) is 0 Å². The summed E-state index contributed by atoms with van der Waals surface area (Å²) in [4.78, 5) is 12.4. The van der Waals surface area contributed by atoms with Crippen LogP contribution in [0.3, 0.4) is 0 Å². The number of H-pyrrole nitrogens is 1. The second kappa shape index (κ2) is 7.28. The van der Waals surface area contributed by atoms with Crippen LogP contribution in [0.15, 0.2) is 18.2 Å². The number of aliphatic hydroxyl groups is 1. The molecule has 2 rings (SSSR count). The third-order valence-corrected chi connectivity index (χ3v) is 3.96. The summed E-state index contributed by atoms with van der Waals surface area (Å²) in [5, 5.41) is 19.3. The van der Waals surface area contributed by atoms with Crippen molar-refractivity contribution in [2.45, 2.75) is 33.8 Å². The number of nitrogens with one attached hydrogen (secondary N) is 2. The van der Waals surface area contributed by atoms with Crippen LogP contribution < -0.4 is 10.1 Å². The molecular formula is C17H23N3O3. The number of hydrogen-bond acceptors (Lipinski definition) is 4. The number of benzene rings is 1. The molecule has 3 N–H and O–H groups in total. The first-order valence-electron chi connectivity index (χ1n) is 7.55. The zero-order chi connectivity index (χ0) is 17.0. The van der Waals surface area contributed by atoms with Gasteiger partial charge in [-0.05, 0) is 44.0 Å². The Kier molecular flexibility index (Phi) is 5.39. The van der Waals surface area contributed by atoms with Crippen LogP contribution in [0.1, 0.15) is 29.4 Å². The van der Waals surface area contributed by atoms with E-state index in [0.717, 1.165) is 17.0 Å². The molecule has 0 fully saturated rings. The van der Waals surface area contributed by atoms with Crippen molar-refractivity contribution in [1.29, 1.82) is 0 Å². The Morgan fingerprint density at radius 2 is 2.17 bits per heavy atom. The smallest absolute Gasteiger partial charge is 0.227 e. The Balaban J connectivity index is 2.06. The minimum Gasteiger partial charge on any atom is -0.496 e.